The molecule has 1 aromatic carbocycles. The van der Waals surface area contributed by atoms with Crippen molar-refractivity contribution in [1.82, 2.24) is 4.90 Å². The number of rotatable bonds is 9. The first-order chi connectivity index (χ1) is 10.7. The van der Waals surface area contributed by atoms with E-state index in [4.69, 9.17) is 14.2 Å². The molecule has 0 amide bonds. The number of hydrogen-bond acceptors (Lipinski definition) is 4. The Kier molecular flexibility index (Phi) is 7.54. The highest BCUT2D eigenvalue weighted by Gasteiger charge is 2.08. The minimum atomic E-state index is 0.195. The molecule has 0 spiro atoms. The molecule has 0 aromatic heterocycles. The number of nitrogens with zero attached hydrogens (tertiary/aromatic N) is 1. The Morgan fingerprint density at radius 1 is 0.909 bits per heavy atom. The van der Waals surface area contributed by atoms with Crippen LogP contribution in [0.25, 0.3) is 0 Å². The number of ether oxygens (including phenoxy) is 3. The Bertz CT molecular complexity index is 399. The number of hydrogen-bond donors (Lipinski definition) is 0. The Labute approximate surface area is 134 Å². The third-order valence-electron chi connectivity index (χ3n) is 3.69. The Morgan fingerprint density at radius 3 is 2.27 bits per heavy atom. The van der Waals surface area contributed by atoms with E-state index >= 15 is 0 Å². The van der Waals surface area contributed by atoms with Crippen molar-refractivity contribution in [3.63, 3.8) is 0 Å². The lowest BCUT2D eigenvalue weighted by Gasteiger charge is -2.26. The van der Waals surface area contributed by atoms with Crippen molar-refractivity contribution in [3.8, 4) is 11.5 Å². The van der Waals surface area contributed by atoms with Crippen LogP contribution in [0.1, 0.15) is 33.1 Å². The molecule has 22 heavy (non-hydrogen) atoms. The summed E-state index contributed by atoms with van der Waals surface area (Å²) in [6.45, 7) is 9.56. The third-order valence-corrected chi connectivity index (χ3v) is 3.69. The highest BCUT2D eigenvalue weighted by Crippen LogP contribution is 2.18. The molecular formula is C18H29NO3. The van der Waals surface area contributed by atoms with E-state index in [-0.39, 0.29) is 6.10 Å². The van der Waals surface area contributed by atoms with Gasteiger partial charge in [-0.1, -0.05) is 6.42 Å². The smallest absolute Gasteiger partial charge is 0.119 e. The summed E-state index contributed by atoms with van der Waals surface area (Å²) >= 11 is 0. The van der Waals surface area contributed by atoms with Gasteiger partial charge in [-0.15, -0.1) is 0 Å². The summed E-state index contributed by atoms with van der Waals surface area (Å²) in [7, 11) is 0. The van der Waals surface area contributed by atoms with E-state index in [0.717, 1.165) is 24.7 Å². The molecule has 2 rings (SSSR count). The van der Waals surface area contributed by atoms with Gasteiger partial charge < -0.3 is 19.1 Å². The van der Waals surface area contributed by atoms with E-state index in [0.29, 0.717) is 13.2 Å². The van der Waals surface area contributed by atoms with E-state index in [1.54, 1.807) is 0 Å². The minimum absolute atomic E-state index is 0.195. The molecule has 0 saturated carbocycles. The molecule has 0 unspecified atom stereocenters. The van der Waals surface area contributed by atoms with Crippen LogP contribution in [0, 0.1) is 0 Å². The van der Waals surface area contributed by atoms with Gasteiger partial charge in [0.1, 0.15) is 18.1 Å². The van der Waals surface area contributed by atoms with Crippen molar-refractivity contribution >= 4 is 0 Å². The van der Waals surface area contributed by atoms with Crippen molar-refractivity contribution in [1.29, 1.82) is 0 Å². The highest BCUT2D eigenvalue weighted by molar-refractivity contribution is 5.31. The molecule has 0 N–H and O–H groups in total. The SMILES string of the molecule is CC(C)Oc1ccc(OCCOCCN2CCCCC2)cc1. The monoisotopic (exact) mass is 307 g/mol. The molecule has 0 bridgehead atoms. The van der Waals surface area contributed by atoms with Crippen molar-refractivity contribution in [2.45, 2.75) is 39.2 Å². The van der Waals surface area contributed by atoms with Crippen LogP contribution in [0.4, 0.5) is 0 Å². The topological polar surface area (TPSA) is 30.9 Å². The summed E-state index contributed by atoms with van der Waals surface area (Å²) in [5.41, 5.74) is 0. The lowest BCUT2D eigenvalue weighted by molar-refractivity contribution is 0.0750. The van der Waals surface area contributed by atoms with Crippen molar-refractivity contribution in [2.75, 3.05) is 39.5 Å². The zero-order chi connectivity index (χ0) is 15.6. The fourth-order valence-corrected chi connectivity index (χ4v) is 2.58. The first-order valence-corrected chi connectivity index (χ1v) is 8.43. The van der Waals surface area contributed by atoms with Gasteiger partial charge in [0.15, 0.2) is 0 Å². The van der Waals surface area contributed by atoms with Crippen LogP contribution in [0.2, 0.25) is 0 Å². The fraction of sp³-hybridized carbons (Fsp3) is 0.667. The van der Waals surface area contributed by atoms with Gasteiger partial charge in [-0.3, -0.25) is 0 Å². The van der Waals surface area contributed by atoms with E-state index in [9.17, 15) is 0 Å². The van der Waals surface area contributed by atoms with Crippen LogP contribution < -0.4 is 9.47 Å². The lowest BCUT2D eigenvalue weighted by atomic mass is 10.1. The minimum Gasteiger partial charge on any atom is -0.491 e. The fourth-order valence-electron chi connectivity index (χ4n) is 2.58. The zero-order valence-electron chi connectivity index (χ0n) is 13.9. The maximum atomic E-state index is 5.66. The van der Waals surface area contributed by atoms with Crippen LogP contribution in [-0.4, -0.2) is 50.5 Å². The zero-order valence-corrected chi connectivity index (χ0v) is 13.9. The first-order valence-electron chi connectivity index (χ1n) is 8.43. The summed E-state index contributed by atoms with van der Waals surface area (Å²) < 4.78 is 16.9. The third kappa shape index (κ3) is 6.67. The molecule has 4 heteroatoms. The summed E-state index contributed by atoms with van der Waals surface area (Å²) in [4.78, 5) is 2.48. The second-order valence-corrected chi connectivity index (χ2v) is 6.00. The van der Waals surface area contributed by atoms with Crippen LogP contribution in [0.5, 0.6) is 11.5 Å². The van der Waals surface area contributed by atoms with Gasteiger partial charge in [0.25, 0.3) is 0 Å². The standard InChI is InChI=1S/C18H29NO3/c1-16(2)22-18-8-6-17(7-9-18)21-15-14-20-13-12-19-10-4-3-5-11-19/h6-9,16H,3-5,10-15H2,1-2H3. The summed E-state index contributed by atoms with van der Waals surface area (Å²) in [5, 5.41) is 0. The second-order valence-electron chi connectivity index (χ2n) is 6.00. The molecule has 1 fully saturated rings. The van der Waals surface area contributed by atoms with Gasteiger partial charge in [0.2, 0.25) is 0 Å². The van der Waals surface area contributed by atoms with Crippen LogP contribution >= 0.6 is 0 Å². The van der Waals surface area contributed by atoms with E-state index < -0.39 is 0 Å². The second kappa shape index (κ2) is 9.70. The van der Waals surface area contributed by atoms with E-state index in [2.05, 4.69) is 4.90 Å². The maximum absolute atomic E-state index is 5.66. The number of benzene rings is 1. The van der Waals surface area contributed by atoms with Gasteiger partial charge in [-0.05, 0) is 64.0 Å². The van der Waals surface area contributed by atoms with Gasteiger partial charge in [0.05, 0.1) is 19.3 Å². The van der Waals surface area contributed by atoms with E-state index in [1.165, 1.54) is 32.4 Å². The number of piperidine rings is 1. The Hall–Kier alpha value is -1.26. The Morgan fingerprint density at radius 2 is 1.59 bits per heavy atom. The van der Waals surface area contributed by atoms with Crippen LogP contribution in [-0.2, 0) is 4.74 Å². The quantitative estimate of drug-likeness (QED) is 0.655. The molecule has 1 heterocycles. The normalized spacial score (nSPS) is 16.0. The molecule has 0 atom stereocenters. The number of likely N-dealkylation sites (tertiary alicyclic amines) is 1. The molecular weight excluding hydrogens is 278 g/mol. The Balaban J connectivity index is 1.52. The predicted octanol–water partition coefficient (Wildman–Crippen LogP) is 3.36. The van der Waals surface area contributed by atoms with Crippen LogP contribution in [0.3, 0.4) is 0 Å². The van der Waals surface area contributed by atoms with Gasteiger partial charge in [-0.25, -0.2) is 0 Å². The largest absolute Gasteiger partial charge is 0.491 e. The van der Waals surface area contributed by atoms with E-state index in [1.807, 2.05) is 38.1 Å². The maximum Gasteiger partial charge on any atom is 0.119 e. The van der Waals surface area contributed by atoms with Gasteiger partial charge in [-0.2, -0.15) is 0 Å². The molecule has 0 aliphatic carbocycles. The highest BCUT2D eigenvalue weighted by atomic mass is 16.5. The van der Waals surface area contributed by atoms with Gasteiger partial charge >= 0.3 is 0 Å². The molecule has 1 aromatic rings. The molecule has 1 aliphatic heterocycles. The molecule has 1 saturated heterocycles. The van der Waals surface area contributed by atoms with Crippen LogP contribution in [0.15, 0.2) is 24.3 Å². The molecule has 124 valence electrons. The average molecular weight is 307 g/mol. The van der Waals surface area contributed by atoms with Crippen molar-refractivity contribution in [3.05, 3.63) is 24.3 Å². The summed E-state index contributed by atoms with van der Waals surface area (Å²) in [6, 6.07) is 7.75. The summed E-state index contributed by atoms with van der Waals surface area (Å²) in [6.07, 6.45) is 4.24. The summed E-state index contributed by atoms with van der Waals surface area (Å²) in [5.74, 6) is 1.73. The van der Waals surface area contributed by atoms with Gasteiger partial charge in [0, 0.05) is 6.54 Å². The molecule has 0 radical (unpaired) electrons. The van der Waals surface area contributed by atoms with Crippen molar-refractivity contribution < 1.29 is 14.2 Å². The first kappa shape index (κ1) is 17.1. The molecule has 1 aliphatic rings. The lowest BCUT2D eigenvalue weighted by Crippen LogP contribution is -2.32. The molecule has 4 nitrogen and oxygen atoms in total. The predicted molar refractivity (Wildman–Crippen MR) is 88.8 cm³/mol. The average Bonchev–Trinajstić information content (AvgIpc) is 2.53. The van der Waals surface area contributed by atoms with Crippen molar-refractivity contribution in [2.24, 2.45) is 0 Å².